The van der Waals surface area contributed by atoms with Gasteiger partial charge < -0.3 is 15.0 Å². The molecule has 0 atom stereocenters. The van der Waals surface area contributed by atoms with Crippen LogP contribution in [0, 0.1) is 0 Å². The third-order valence-electron chi connectivity index (χ3n) is 3.18. The molecule has 20 heavy (non-hydrogen) atoms. The maximum atomic E-state index is 5.00. The van der Waals surface area contributed by atoms with Gasteiger partial charge in [-0.1, -0.05) is 12.1 Å². The number of hydrogen-bond acceptors (Lipinski definition) is 5. The monoisotopic (exact) mass is 274 g/mol. The molecule has 0 radical (unpaired) electrons. The van der Waals surface area contributed by atoms with Crippen LogP contribution < -0.4 is 5.32 Å². The molecule has 108 valence electrons. The van der Waals surface area contributed by atoms with Gasteiger partial charge >= 0.3 is 0 Å². The molecule has 0 aliphatic carbocycles. The van der Waals surface area contributed by atoms with Crippen molar-refractivity contribution in [3.05, 3.63) is 36.2 Å². The van der Waals surface area contributed by atoms with Crippen LogP contribution in [0.25, 0.3) is 11.0 Å². The molecule has 0 saturated carbocycles. The molecule has 0 spiro atoms. The van der Waals surface area contributed by atoms with E-state index >= 15 is 0 Å². The lowest BCUT2D eigenvalue weighted by atomic mass is 10.1. The summed E-state index contributed by atoms with van der Waals surface area (Å²) in [6.07, 6.45) is 3.48. The highest BCUT2D eigenvalue weighted by atomic mass is 16.5. The number of ether oxygens (including phenoxy) is 1. The van der Waals surface area contributed by atoms with Crippen LogP contribution in [0.3, 0.4) is 0 Å². The summed E-state index contributed by atoms with van der Waals surface area (Å²) in [5.74, 6) is 0. The van der Waals surface area contributed by atoms with Crippen LogP contribution in [0.15, 0.2) is 30.6 Å². The highest BCUT2D eigenvalue weighted by Gasteiger charge is 2.05. The van der Waals surface area contributed by atoms with Crippen LogP contribution in [0.5, 0.6) is 0 Å². The Morgan fingerprint density at radius 2 is 2.05 bits per heavy atom. The zero-order chi connectivity index (χ0) is 14.2. The number of rotatable bonds is 8. The molecule has 1 N–H and O–H groups in total. The largest absolute Gasteiger partial charge is 0.383 e. The van der Waals surface area contributed by atoms with Gasteiger partial charge in [0.05, 0.1) is 17.6 Å². The lowest BCUT2D eigenvalue weighted by Gasteiger charge is -2.17. The van der Waals surface area contributed by atoms with Gasteiger partial charge in [0.2, 0.25) is 0 Å². The number of aromatic nitrogens is 2. The Morgan fingerprint density at radius 1 is 1.20 bits per heavy atom. The summed E-state index contributed by atoms with van der Waals surface area (Å²) in [5.41, 5.74) is 3.17. The van der Waals surface area contributed by atoms with Crippen molar-refractivity contribution in [1.29, 1.82) is 0 Å². The lowest BCUT2D eigenvalue weighted by molar-refractivity contribution is 0.197. The van der Waals surface area contributed by atoms with E-state index < -0.39 is 0 Å². The first kappa shape index (κ1) is 14.8. The summed E-state index contributed by atoms with van der Waals surface area (Å²) in [6, 6.07) is 6.15. The Hall–Kier alpha value is -1.56. The molecule has 1 aromatic carbocycles. The molecule has 1 aromatic heterocycles. The number of methoxy groups -OCH3 is 1. The average Bonchev–Trinajstić information content (AvgIpc) is 2.47. The van der Waals surface area contributed by atoms with E-state index in [0.717, 1.165) is 43.8 Å². The quantitative estimate of drug-likeness (QED) is 0.735. The first-order chi connectivity index (χ1) is 9.81. The van der Waals surface area contributed by atoms with Crippen molar-refractivity contribution in [2.45, 2.75) is 6.54 Å². The topological polar surface area (TPSA) is 50.3 Å². The standard InChI is InChI=1S/C15H22N4O/c1-19(10-8-16-9-11-20-2)12-13-4-3-5-14-15(13)18-7-6-17-14/h3-7,16H,8-12H2,1-2H3. The Morgan fingerprint density at radius 3 is 2.90 bits per heavy atom. The van der Waals surface area contributed by atoms with Crippen molar-refractivity contribution in [2.75, 3.05) is 40.4 Å². The predicted molar refractivity (Wildman–Crippen MR) is 80.6 cm³/mol. The van der Waals surface area contributed by atoms with E-state index in [2.05, 4.69) is 33.3 Å². The molecule has 5 nitrogen and oxygen atoms in total. The average molecular weight is 274 g/mol. The van der Waals surface area contributed by atoms with E-state index in [9.17, 15) is 0 Å². The van der Waals surface area contributed by atoms with Gasteiger partial charge in [0.1, 0.15) is 0 Å². The number of fused-ring (bicyclic) bond motifs is 1. The number of likely N-dealkylation sites (N-methyl/N-ethyl adjacent to an activating group) is 1. The van der Waals surface area contributed by atoms with Crippen molar-refractivity contribution in [2.24, 2.45) is 0 Å². The maximum absolute atomic E-state index is 5.00. The molecule has 0 saturated heterocycles. The molecule has 0 amide bonds. The van der Waals surface area contributed by atoms with Crippen molar-refractivity contribution >= 4 is 11.0 Å². The third-order valence-corrected chi connectivity index (χ3v) is 3.18. The summed E-state index contributed by atoms with van der Waals surface area (Å²) in [4.78, 5) is 11.1. The van der Waals surface area contributed by atoms with Gasteiger partial charge in [0.25, 0.3) is 0 Å². The Bertz CT molecular complexity index is 527. The first-order valence-electron chi connectivity index (χ1n) is 6.88. The number of hydrogen-bond donors (Lipinski definition) is 1. The number of para-hydroxylation sites is 1. The van der Waals surface area contributed by atoms with Crippen LogP contribution in [0.1, 0.15) is 5.56 Å². The van der Waals surface area contributed by atoms with Crippen molar-refractivity contribution in [3.63, 3.8) is 0 Å². The molecule has 2 aromatic rings. The van der Waals surface area contributed by atoms with Crippen LogP contribution >= 0.6 is 0 Å². The Labute approximate surface area is 120 Å². The fourth-order valence-corrected chi connectivity index (χ4v) is 2.12. The third kappa shape index (κ3) is 4.23. The van der Waals surface area contributed by atoms with E-state index in [1.54, 1.807) is 19.5 Å². The van der Waals surface area contributed by atoms with Crippen LogP contribution in [-0.2, 0) is 11.3 Å². The number of nitrogens with one attached hydrogen (secondary N) is 1. The molecule has 1 heterocycles. The first-order valence-corrected chi connectivity index (χ1v) is 6.88. The summed E-state index contributed by atoms with van der Waals surface area (Å²) < 4.78 is 5.00. The summed E-state index contributed by atoms with van der Waals surface area (Å²) in [7, 11) is 3.84. The SMILES string of the molecule is COCCNCCN(C)Cc1cccc2nccnc12. The normalized spacial score (nSPS) is 11.3. The zero-order valence-corrected chi connectivity index (χ0v) is 12.2. The van der Waals surface area contributed by atoms with Gasteiger partial charge in [0, 0.05) is 45.7 Å². The van der Waals surface area contributed by atoms with Gasteiger partial charge in [-0.2, -0.15) is 0 Å². The minimum Gasteiger partial charge on any atom is -0.383 e. The second kappa shape index (κ2) is 7.89. The summed E-state index contributed by atoms with van der Waals surface area (Å²) in [6.45, 7) is 4.46. The van der Waals surface area contributed by atoms with Gasteiger partial charge in [-0.3, -0.25) is 9.97 Å². The van der Waals surface area contributed by atoms with E-state index in [0.29, 0.717) is 0 Å². The smallest absolute Gasteiger partial charge is 0.0931 e. The molecule has 0 fully saturated rings. The fourth-order valence-electron chi connectivity index (χ4n) is 2.12. The highest BCUT2D eigenvalue weighted by Crippen LogP contribution is 2.14. The molecular formula is C15H22N4O. The molecular weight excluding hydrogens is 252 g/mol. The highest BCUT2D eigenvalue weighted by molar-refractivity contribution is 5.77. The molecule has 0 aliphatic rings. The Balaban J connectivity index is 1.88. The van der Waals surface area contributed by atoms with E-state index in [1.807, 2.05) is 12.1 Å². The fraction of sp³-hybridized carbons (Fsp3) is 0.467. The van der Waals surface area contributed by atoms with E-state index in [-0.39, 0.29) is 0 Å². The van der Waals surface area contributed by atoms with Crippen LogP contribution in [-0.4, -0.2) is 55.3 Å². The Kier molecular flexibility index (Phi) is 5.86. The van der Waals surface area contributed by atoms with Crippen LogP contribution in [0.2, 0.25) is 0 Å². The zero-order valence-electron chi connectivity index (χ0n) is 12.2. The molecule has 0 aliphatic heterocycles. The molecule has 0 unspecified atom stereocenters. The van der Waals surface area contributed by atoms with Crippen molar-refractivity contribution in [1.82, 2.24) is 20.2 Å². The van der Waals surface area contributed by atoms with Gasteiger partial charge in [-0.25, -0.2) is 0 Å². The molecule has 2 rings (SSSR count). The minimum absolute atomic E-state index is 0.753. The summed E-state index contributed by atoms with van der Waals surface area (Å²) in [5, 5.41) is 3.35. The second-order valence-corrected chi connectivity index (χ2v) is 4.82. The van der Waals surface area contributed by atoms with Crippen LogP contribution in [0.4, 0.5) is 0 Å². The van der Waals surface area contributed by atoms with E-state index in [1.165, 1.54) is 5.56 Å². The lowest BCUT2D eigenvalue weighted by Crippen LogP contribution is -2.30. The van der Waals surface area contributed by atoms with Crippen molar-refractivity contribution in [3.8, 4) is 0 Å². The maximum Gasteiger partial charge on any atom is 0.0931 e. The predicted octanol–water partition coefficient (Wildman–Crippen LogP) is 1.30. The van der Waals surface area contributed by atoms with Gasteiger partial charge in [-0.05, 0) is 18.7 Å². The minimum atomic E-state index is 0.753. The van der Waals surface area contributed by atoms with Gasteiger partial charge in [0.15, 0.2) is 0 Å². The number of nitrogens with zero attached hydrogens (tertiary/aromatic N) is 3. The van der Waals surface area contributed by atoms with E-state index in [4.69, 9.17) is 4.74 Å². The summed E-state index contributed by atoms with van der Waals surface area (Å²) >= 11 is 0. The van der Waals surface area contributed by atoms with Crippen molar-refractivity contribution < 1.29 is 4.74 Å². The van der Waals surface area contributed by atoms with Gasteiger partial charge in [-0.15, -0.1) is 0 Å². The number of benzene rings is 1. The molecule has 0 bridgehead atoms. The second-order valence-electron chi connectivity index (χ2n) is 4.82. The molecule has 5 heteroatoms.